The zero-order valence-corrected chi connectivity index (χ0v) is 30.6. The third kappa shape index (κ3) is 6.07. The summed E-state index contributed by atoms with van der Waals surface area (Å²) >= 11 is 0. The van der Waals surface area contributed by atoms with Crippen LogP contribution in [0.1, 0.15) is 138 Å². The van der Waals surface area contributed by atoms with Gasteiger partial charge in [0.1, 0.15) is 17.1 Å². The summed E-state index contributed by atoms with van der Waals surface area (Å²) in [4.78, 5) is 16.0. The lowest BCUT2D eigenvalue weighted by molar-refractivity contribution is -0.166. The Bertz CT molecular complexity index is 1610. The van der Waals surface area contributed by atoms with Crippen LogP contribution in [0.15, 0.2) is 29.2 Å². The minimum absolute atomic E-state index is 0.151. The summed E-state index contributed by atoms with van der Waals surface area (Å²) in [6.07, 6.45) is 6.72. The summed E-state index contributed by atoms with van der Waals surface area (Å²) in [6.45, 7) is 12.7. The van der Waals surface area contributed by atoms with E-state index in [4.69, 9.17) is 23.4 Å². The van der Waals surface area contributed by atoms with Gasteiger partial charge in [0.25, 0.3) is 0 Å². The van der Waals surface area contributed by atoms with E-state index < -0.39 is 55.3 Å². The molecular weight excluding hydrogens is 674 g/mol. The van der Waals surface area contributed by atoms with Crippen LogP contribution < -0.4 is 0 Å². The number of hydrogen-bond acceptors (Lipinski definition) is 6. The molecule has 2 aromatic rings. The molecule has 2 aliphatic heterocycles. The monoisotopic (exact) mass is 721 g/mol. The van der Waals surface area contributed by atoms with E-state index in [0.717, 1.165) is 48.1 Å². The van der Waals surface area contributed by atoms with Crippen molar-refractivity contribution in [3.63, 3.8) is 0 Å². The Kier molecular flexibility index (Phi) is 8.07. The third-order valence-electron chi connectivity index (χ3n) is 11.1. The number of esters is 1. The summed E-state index contributed by atoms with van der Waals surface area (Å²) in [5.74, 6) is -0.549. The summed E-state index contributed by atoms with van der Waals surface area (Å²) in [5, 5.41) is 0. The Labute approximate surface area is 282 Å². The zero-order valence-electron chi connectivity index (χ0n) is 29.0. The van der Waals surface area contributed by atoms with Crippen LogP contribution in [0.25, 0.3) is 0 Å². The van der Waals surface area contributed by atoms with E-state index in [-0.39, 0.29) is 16.1 Å². The molecule has 48 heavy (non-hydrogen) atoms. The zero-order chi connectivity index (χ0) is 35.4. The Hall–Kier alpha value is -1.93. The first kappa shape index (κ1) is 35.9. The number of carbonyl (C=O) groups excluding carboxylic acids is 1. The maximum absolute atomic E-state index is 13.7. The predicted octanol–water partition coefficient (Wildman–Crippen LogP) is 11.0. The van der Waals surface area contributed by atoms with Gasteiger partial charge in [0.2, 0.25) is 0 Å². The average Bonchev–Trinajstić information content (AvgIpc) is 3.25. The van der Waals surface area contributed by atoms with Crippen LogP contribution in [0, 0.1) is 5.41 Å². The Morgan fingerprint density at radius 2 is 1.60 bits per heavy atom. The maximum Gasteiger partial charge on any atom is 0.310 e. The van der Waals surface area contributed by atoms with Gasteiger partial charge in [-0.1, -0.05) is 72.6 Å². The quantitative estimate of drug-likeness (QED) is 0.219. The first-order valence-electron chi connectivity index (χ1n) is 16.6. The van der Waals surface area contributed by atoms with Crippen molar-refractivity contribution < 1.29 is 42.6 Å². The maximum atomic E-state index is 13.7. The normalized spacial score (nSPS) is 26.8. The van der Waals surface area contributed by atoms with Crippen molar-refractivity contribution in [1.29, 1.82) is 0 Å². The third-order valence-corrected chi connectivity index (χ3v) is 15.9. The molecule has 270 valence electrons. The minimum Gasteiger partial charge on any atom is -0.455 e. The lowest BCUT2D eigenvalue weighted by Gasteiger charge is -2.55. The topological polar surface area (TPSA) is 66.9 Å². The van der Waals surface area contributed by atoms with Gasteiger partial charge in [-0.3, -0.25) is 9.78 Å². The Balaban J connectivity index is 1.64. The van der Waals surface area contributed by atoms with Gasteiger partial charge in [0.05, 0.1) is 17.4 Å². The molecule has 1 saturated carbocycles. The summed E-state index contributed by atoms with van der Waals surface area (Å²) < 4.78 is 94.7. The molecular formula is C35H48F5NO5S2. The van der Waals surface area contributed by atoms with E-state index in [1.165, 1.54) is 6.92 Å². The van der Waals surface area contributed by atoms with Gasteiger partial charge < -0.3 is 18.4 Å². The van der Waals surface area contributed by atoms with Crippen molar-refractivity contribution in [1.82, 2.24) is 4.98 Å². The molecule has 13 heteroatoms. The molecule has 3 unspecified atom stereocenters. The summed E-state index contributed by atoms with van der Waals surface area (Å²) in [5.41, 5.74) is 2.88. The molecule has 1 aromatic heterocycles. The molecule has 3 heterocycles. The summed E-state index contributed by atoms with van der Waals surface area (Å²) in [7, 11) is -11.6. The molecule has 3 atom stereocenters. The molecule has 0 N–H and O–H groups in total. The van der Waals surface area contributed by atoms with Gasteiger partial charge in [-0.15, -0.1) is 10.3 Å². The SMILES string of the molecule is CC(=O)OC1c2nc(C(C)C)c3c(c2C(OS(C)(C)C(C)(C)C)CC12CCC2)C1(CCOCC1)OC3c1ccc(S(F)(F)(F)(F)F)cc1. The number of pyridine rings is 1. The highest BCUT2D eigenvalue weighted by Crippen LogP contribution is 3.02. The number of nitrogens with zero attached hydrogens (tertiary/aromatic N) is 1. The number of ether oxygens (including phenoxy) is 3. The number of fused-ring (bicyclic) bond motifs is 4. The van der Waals surface area contributed by atoms with Crippen molar-refractivity contribution in [2.75, 3.05) is 25.7 Å². The highest BCUT2D eigenvalue weighted by Gasteiger charge is 2.65. The standard InChI is InChI=1S/C35H48F5NO5S2/c1-21(2)29-27-28(35(16-18-43-19-17-35)45-31(27)23-10-12-24(13-11-23)48(36,37,38,39)40)26-25(46-47(7,8)33(4,5)6)20-34(14-9-15-34)32(30(26)41-29)44-22(3)42/h10-13,21,25,31-32H,9,14-20H2,1-8H3. The number of carbonyl (C=O) groups is 1. The van der Waals surface area contributed by atoms with Crippen LogP contribution in [0.3, 0.4) is 0 Å². The fourth-order valence-corrected chi connectivity index (χ4v) is 9.43. The lowest BCUT2D eigenvalue weighted by Crippen LogP contribution is -2.46. The summed E-state index contributed by atoms with van der Waals surface area (Å²) in [6, 6.07) is 3.09. The molecule has 1 saturated heterocycles. The first-order chi connectivity index (χ1) is 21.9. The average molecular weight is 722 g/mol. The molecule has 2 aliphatic carbocycles. The van der Waals surface area contributed by atoms with Crippen LogP contribution in [-0.2, 0) is 28.8 Å². The molecule has 0 radical (unpaired) electrons. The molecule has 0 amide bonds. The molecule has 4 aliphatic rings. The number of benzene rings is 1. The molecule has 0 bridgehead atoms. The predicted molar refractivity (Wildman–Crippen MR) is 179 cm³/mol. The van der Waals surface area contributed by atoms with Crippen molar-refractivity contribution in [3.8, 4) is 0 Å². The second kappa shape index (κ2) is 10.8. The number of hydrogen-bond donors (Lipinski definition) is 0. The van der Waals surface area contributed by atoms with E-state index >= 15 is 0 Å². The molecule has 2 spiro atoms. The van der Waals surface area contributed by atoms with Crippen LogP contribution >= 0.6 is 20.5 Å². The lowest BCUT2D eigenvalue weighted by atomic mass is 9.57. The largest absolute Gasteiger partial charge is 0.455 e. The Morgan fingerprint density at radius 3 is 2.08 bits per heavy atom. The molecule has 6 nitrogen and oxygen atoms in total. The van der Waals surface area contributed by atoms with E-state index in [1.54, 1.807) is 0 Å². The fourth-order valence-electron chi connectivity index (χ4n) is 7.75. The van der Waals surface area contributed by atoms with Crippen LogP contribution in [0.4, 0.5) is 19.4 Å². The van der Waals surface area contributed by atoms with Crippen LogP contribution in [0.5, 0.6) is 0 Å². The smallest absolute Gasteiger partial charge is 0.310 e. The van der Waals surface area contributed by atoms with E-state index in [2.05, 4.69) is 33.3 Å². The van der Waals surface area contributed by atoms with Gasteiger partial charge in [-0.25, -0.2) is 0 Å². The van der Waals surface area contributed by atoms with Gasteiger partial charge in [-0.2, -0.15) is 0 Å². The highest BCUT2D eigenvalue weighted by atomic mass is 32.5. The minimum atomic E-state index is -9.88. The van der Waals surface area contributed by atoms with Gasteiger partial charge in [-0.05, 0) is 61.0 Å². The van der Waals surface area contributed by atoms with Gasteiger partial charge >= 0.3 is 16.2 Å². The van der Waals surface area contributed by atoms with Crippen molar-refractivity contribution in [3.05, 3.63) is 57.9 Å². The second-order valence-electron chi connectivity index (χ2n) is 15.7. The number of halogens is 5. The Morgan fingerprint density at radius 1 is 1.00 bits per heavy atom. The highest BCUT2D eigenvalue weighted by molar-refractivity contribution is 8.45. The van der Waals surface area contributed by atoms with Gasteiger partial charge in [0.15, 0.2) is 0 Å². The second-order valence-corrected chi connectivity index (χ2v) is 22.0. The van der Waals surface area contributed by atoms with E-state index in [0.29, 0.717) is 61.6 Å². The fraction of sp³-hybridized carbons (Fsp3) is 0.657. The molecule has 1 aromatic carbocycles. The van der Waals surface area contributed by atoms with Gasteiger partial charge in [0, 0.05) is 60.0 Å². The van der Waals surface area contributed by atoms with E-state index in [1.807, 2.05) is 13.8 Å². The van der Waals surface area contributed by atoms with Crippen molar-refractivity contribution in [2.24, 2.45) is 5.41 Å². The first-order valence-corrected chi connectivity index (χ1v) is 21.0. The van der Waals surface area contributed by atoms with Crippen LogP contribution in [0.2, 0.25) is 0 Å². The van der Waals surface area contributed by atoms with Crippen molar-refractivity contribution in [2.45, 2.75) is 120 Å². The van der Waals surface area contributed by atoms with Crippen LogP contribution in [-0.4, -0.2) is 41.4 Å². The van der Waals surface area contributed by atoms with E-state index in [9.17, 15) is 24.2 Å². The molecule has 2 fully saturated rings. The molecule has 6 rings (SSSR count). The van der Waals surface area contributed by atoms with Crippen molar-refractivity contribution >= 4 is 26.5 Å². The number of aromatic nitrogens is 1. The number of rotatable bonds is 6.